The molecule has 0 spiro atoms. The summed E-state index contributed by atoms with van der Waals surface area (Å²) in [5, 5.41) is 9.82. The summed E-state index contributed by atoms with van der Waals surface area (Å²) in [7, 11) is 1.64. The van der Waals surface area contributed by atoms with Crippen molar-refractivity contribution in [3.05, 3.63) is 35.9 Å². The largest absolute Gasteiger partial charge is 0.506 e. The third-order valence-corrected chi connectivity index (χ3v) is 2.91. The third kappa shape index (κ3) is 3.70. The zero-order valence-electron chi connectivity index (χ0n) is 12.7. The molecule has 1 amide bonds. The van der Waals surface area contributed by atoms with Crippen LogP contribution in [0.3, 0.4) is 0 Å². The number of phenols is 1. The van der Waals surface area contributed by atoms with Crippen LogP contribution in [0.15, 0.2) is 40.9 Å². The number of likely N-dealkylation sites (N-methyl/N-ethyl adjacent to an activating group) is 1. The molecule has 0 saturated heterocycles. The van der Waals surface area contributed by atoms with Crippen molar-refractivity contribution in [3.63, 3.8) is 0 Å². The molecule has 0 aliphatic heterocycles. The fraction of sp³-hybridized carbons (Fsp3) is 0.375. The number of hydrogen-bond acceptors (Lipinski definition) is 3. The molecule has 0 atom stereocenters. The van der Waals surface area contributed by atoms with Crippen molar-refractivity contribution in [2.24, 2.45) is 4.99 Å². The summed E-state index contributed by atoms with van der Waals surface area (Å²) in [6.45, 7) is 7.57. The monoisotopic (exact) mass is 274 g/mol. The minimum atomic E-state index is -0.184. The highest BCUT2D eigenvalue weighted by Crippen LogP contribution is 2.26. The van der Waals surface area contributed by atoms with E-state index in [2.05, 4.69) is 4.99 Å². The number of anilines is 1. The zero-order valence-corrected chi connectivity index (χ0v) is 12.7. The van der Waals surface area contributed by atoms with Gasteiger partial charge in [-0.1, -0.05) is 18.2 Å². The molecular formula is C16H22N2O2. The van der Waals surface area contributed by atoms with Gasteiger partial charge in [0.2, 0.25) is 0 Å². The number of amides is 1. The second kappa shape index (κ2) is 6.89. The van der Waals surface area contributed by atoms with Crippen LogP contribution in [0.2, 0.25) is 0 Å². The number of para-hydroxylation sites is 2. The highest BCUT2D eigenvalue weighted by molar-refractivity contribution is 6.25. The first-order valence-electron chi connectivity index (χ1n) is 6.65. The summed E-state index contributed by atoms with van der Waals surface area (Å²) < 4.78 is 0. The summed E-state index contributed by atoms with van der Waals surface area (Å²) in [6.07, 6.45) is 1.75. The van der Waals surface area contributed by atoms with Gasteiger partial charge in [0.15, 0.2) is 0 Å². The highest BCUT2D eigenvalue weighted by atomic mass is 16.3. The second-order valence-corrected chi connectivity index (χ2v) is 4.86. The van der Waals surface area contributed by atoms with Crippen molar-refractivity contribution >= 4 is 17.3 Å². The number of benzene rings is 1. The topological polar surface area (TPSA) is 52.9 Å². The molecular weight excluding hydrogens is 252 g/mol. The molecule has 0 unspecified atom stereocenters. The van der Waals surface area contributed by atoms with Gasteiger partial charge in [0.05, 0.1) is 11.3 Å². The predicted octanol–water partition coefficient (Wildman–Crippen LogP) is 3.17. The number of aliphatic imine (C=N–C) groups is 1. The van der Waals surface area contributed by atoms with Gasteiger partial charge in [-0.15, -0.1) is 0 Å². The van der Waals surface area contributed by atoms with E-state index >= 15 is 0 Å². The van der Waals surface area contributed by atoms with E-state index in [0.717, 1.165) is 0 Å². The van der Waals surface area contributed by atoms with Gasteiger partial charge in [-0.2, -0.15) is 0 Å². The fourth-order valence-corrected chi connectivity index (χ4v) is 1.98. The first-order chi connectivity index (χ1) is 9.38. The van der Waals surface area contributed by atoms with E-state index in [4.69, 9.17) is 0 Å². The standard InChI is InChI=1S/C16H22N2O2/c1-6-13(12(4)17-11(2)3)16(20)18(5)14-9-7-8-10-15(14)19/h6-11,19H,1-5H3/b13-6+,17-12?. The number of carbonyl (C=O) groups excluding carboxylic acids is 1. The van der Waals surface area contributed by atoms with Gasteiger partial charge >= 0.3 is 0 Å². The molecule has 108 valence electrons. The lowest BCUT2D eigenvalue weighted by atomic mass is 10.1. The van der Waals surface area contributed by atoms with Crippen molar-refractivity contribution in [2.75, 3.05) is 11.9 Å². The Bertz CT molecular complexity index is 545. The molecule has 0 radical (unpaired) electrons. The number of hydrogen-bond donors (Lipinski definition) is 1. The molecule has 20 heavy (non-hydrogen) atoms. The van der Waals surface area contributed by atoms with Gasteiger partial charge in [0.1, 0.15) is 5.75 Å². The number of aromatic hydroxyl groups is 1. The lowest BCUT2D eigenvalue weighted by Gasteiger charge is -2.20. The van der Waals surface area contributed by atoms with Crippen molar-refractivity contribution in [1.82, 2.24) is 0 Å². The summed E-state index contributed by atoms with van der Waals surface area (Å²) in [4.78, 5) is 18.4. The van der Waals surface area contributed by atoms with Gasteiger partial charge in [-0.05, 0) is 39.8 Å². The molecule has 1 N–H and O–H groups in total. The van der Waals surface area contributed by atoms with Gasteiger partial charge < -0.3 is 10.0 Å². The Morgan fingerprint density at radius 3 is 2.45 bits per heavy atom. The van der Waals surface area contributed by atoms with E-state index in [9.17, 15) is 9.90 Å². The maximum atomic E-state index is 12.5. The van der Waals surface area contributed by atoms with E-state index in [0.29, 0.717) is 17.0 Å². The Hall–Kier alpha value is -2.10. The van der Waals surface area contributed by atoms with Gasteiger partial charge in [-0.25, -0.2) is 0 Å². The fourth-order valence-electron chi connectivity index (χ4n) is 1.98. The van der Waals surface area contributed by atoms with Crippen LogP contribution in [0, 0.1) is 0 Å². The van der Waals surface area contributed by atoms with E-state index in [1.54, 1.807) is 37.4 Å². The number of nitrogens with zero attached hydrogens (tertiary/aromatic N) is 2. The van der Waals surface area contributed by atoms with Gasteiger partial charge in [-0.3, -0.25) is 9.79 Å². The molecule has 0 aliphatic carbocycles. The smallest absolute Gasteiger partial charge is 0.259 e. The van der Waals surface area contributed by atoms with Crippen molar-refractivity contribution in [3.8, 4) is 5.75 Å². The Balaban J connectivity index is 3.08. The van der Waals surface area contributed by atoms with Crippen LogP contribution < -0.4 is 4.90 Å². The number of phenolic OH excluding ortho intramolecular Hbond substituents is 1. The normalized spacial score (nSPS) is 12.7. The summed E-state index contributed by atoms with van der Waals surface area (Å²) in [5.74, 6) is -0.104. The van der Waals surface area contributed by atoms with Crippen molar-refractivity contribution in [2.45, 2.75) is 33.7 Å². The molecule has 0 aromatic heterocycles. The average Bonchev–Trinajstić information content (AvgIpc) is 2.38. The predicted molar refractivity (Wildman–Crippen MR) is 83.5 cm³/mol. The summed E-state index contributed by atoms with van der Waals surface area (Å²) >= 11 is 0. The van der Waals surface area contributed by atoms with Crippen LogP contribution in [-0.4, -0.2) is 29.8 Å². The number of allylic oxidation sites excluding steroid dienone is 1. The molecule has 4 heteroatoms. The molecule has 0 heterocycles. The summed E-state index contributed by atoms with van der Waals surface area (Å²) in [6, 6.07) is 6.90. The lowest BCUT2D eigenvalue weighted by Crippen LogP contribution is -2.30. The first-order valence-corrected chi connectivity index (χ1v) is 6.65. The second-order valence-electron chi connectivity index (χ2n) is 4.86. The van der Waals surface area contributed by atoms with Crippen LogP contribution in [0.4, 0.5) is 5.69 Å². The lowest BCUT2D eigenvalue weighted by molar-refractivity contribution is -0.114. The molecule has 4 nitrogen and oxygen atoms in total. The Morgan fingerprint density at radius 1 is 1.35 bits per heavy atom. The first kappa shape index (κ1) is 16.0. The van der Waals surface area contributed by atoms with Crippen LogP contribution in [0.1, 0.15) is 27.7 Å². The maximum absolute atomic E-state index is 12.5. The highest BCUT2D eigenvalue weighted by Gasteiger charge is 2.19. The molecule has 1 rings (SSSR count). The average molecular weight is 274 g/mol. The van der Waals surface area contributed by atoms with Crippen molar-refractivity contribution < 1.29 is 9.90 Å². The Morgan fingerprint density at radius 2 is 1.95 bits per heavy atom. The zero-order chi connectivity index (χ0) is 15.3. The van der Waals surface area contributed by atoms with Gasteiger partial charge in [0.25, 0.3) is 5.91 Å². The van der Waals surface area contributed by atoms with E-state index in [1.165, 1.54) is 4.90 Å². The Kier molecular flexibility index (Phi) is 5.50. The van der Waals surface area contributed by atoms with Crippen LogP contribution >= 0.6 is 0 Å². The third-order valence-electron chi connectivity index (χ3n) is 2.91. The van der Waals surface area contributed by atoms with E-state index in [1.807, 2.05) is 27.7 Å². The molecule has 1 aromatic carbocycles. The van der Waals surface area contributed by atoms with Crippen molar-refractivity contribution in [1.29, 1.82) is 0 Å². The van der Waals surface area contributed by atoms with Crippen LogP contribution in [-0.2, 0) is 4.79 Å². The molecule has 0 bridgehead atoms. The molecule has 0 aliphatic rings. The minimum Gasteiger partial charge on any atom is -0.506 e. The number of carbonyl (C=O) groups is 1. The Labute approximate surface area is 120 Å². The van der Waals surface area contributed by atoms with Gasteiger partial charge in [0, 0.05) is 18.8 Å². The molecule has 1 aromatic rings. The summed E-state index contributed by atoms with van der Waals surface area (Å²) in [5.41, 5.74) is 1.73. The molecule has 0 fully saturated rings. The minimum absolute atomic E-state index is 0.0808. The molecule has 0 saturated carbocycles. The number of rotatable bonds is 4. The van der Waals surface area contributed by atoms with Crippen LogP contribution in [0.25, 0.3) is 0 Å². The maximum Gasteiger partial charge on any atom is 0.259 e. The van der Waals surface area contributed by atoms with E-state index in [-0.39, 0.29) is 17.7 Å². The SMILES string of the molecule is C/C=C(/C(=O)N(C)c1ccccc1O)C(C)=NC(C)C. The quantitative estimate of drug-likeness (QED) is 0.677. The van der Waals surface area contributed by atoms with Crippen LogP contribution in [0.5, 0.6) is 5.75 Å². The van der Waals surface area contributed by atoms with E-state index < -0.39 is 0 Å².